The van der Waals surface area contributed by atoms with Gasteiger partial charge < -0.3 is 0 Å². The molecule has 0 radical (unpaired) electrons. The van der Waals surface area contributed by atoms with Crippen LogP contribution in [0.1, 0.15) is 60.4 Å². The zero-order valence-corrected chi connectivity index (χ0v) is 16.7. The zero-order chi connectivity index (χ0) is 19.3. The fourth-order valence-corrected chi connectivity index (χ4v) is 4.11. The minimum atomic E-state index is 0.242. The van der Waals surface area contributed by atoms with Gasteiger partial charge in [0.2, 0.25) is 0 Å². The summed E-state index contributed by atoms with van der Waals surface area (Å²) in [6, 6.07) is 28.3. The maximum Gasteiger partial charge on any atom is 0.0392 e. The van der Waals surface area contributed by atoms with Gasteiger partial charge in [-0.1, -0.05) is 92.2 Å². The maximum atomic E-state index is 4.87. The number of rotatable bonds is 6. The number of hydrogen-bond donors (Lipinski definition) is 0. The number of aliphatic imine (C=N–C) groups is 1. The predicted octanol–water partition coefficient (Wildman–Crippen LogP) is 6.98. The van der Waals surface area contributed by atoms with Crippen molar-refractivity contribution in [1.82, 2.24) is 0 Å². The molecule has 1 atom stereocenters. The van der Waals surface area contributed by atoms with Gasteiger partial charge in [0, 0.05) is 18.2 Å². The Hall–Kier alpha value is -2.93. The summed E-state index contributed by atoms with van der Waals surface area (Å²) in [7, 11) is 0. The van der Waals surface area contributed by atoms with E-state index in [1.165, 1.54) is 39.8 Å². The lowest BCUT2D eigenvalue weighted by Gasteiger charge is -2.21. The molecular formula is C27H27N. The zero-order valence-electron chi connectivity index (χ0n) is 16.7. The van der Waals surface area contributed by atoms with Crippen molar-refractivity contribution in [1.29, 1.82) is 0 Å². The molecule has 3 aromatic rings. The summed E-state index contributed by atoms with van der Waals surface area (Å²) in [5.74, 6) is 0.242. The average molecular weight is 366 g/mol. The van der Waals surface area contributed by atoms with Crippen LogP contribution in [0.4, 0.5) is 0 Å². The van der Waals surface area contributed by atoms with E-state index >= 15 is 0 Å². The number of allylic oxidation sites excluding steroid dienone is 1. The van der Waals surface area contributed by atoms with Crippen molar-refractivity contribution in [2.75, 3.05) is 6.54 Å². The van der Waals surface area contributed by atoms with Crippen molar-refractivity contribution >= 4 is 17.4 Å². The second kappa shape index (κ2) is 8.39. The number of hydrogen-bond acceptors (Lipinski definition) is 1. The number of benzene rings is 3. The number of nitrogens with zero attached hydrogens (tertiary/aromatic N) is 1. The van der Waals surface area contributed by atoms with Crippen molar-refractivity contribution in [3.63, 3.8) is 0 Å². The fourth-order valence-electron chi connectivity index (χ4n) is 4.11. The van der Waals surface area contributed by atoms with Crippen LogP contribution in [0.15, 0.2) is 83.9 Å². The monoisotopic (exact) mass is 365 g/mol. The van der Waals surface area contributed by atoms with Gasteiger partial charge in [-0.05, 0) is 52.8 Å². The van der Waals surface area contributed by atoms with Crippen LogP contribution in [0, 0.1) is 0 Å². The molecule has 0 N–H and O–H groups in total. The molecule has 0 aromatic heterocycles. The van der Waals surface area contributed by atoms with Gasteiger partial charge in [0.1, 0.15) is 0 Å². The lowest BCUT2D eigenvalue weighted by molar-refractivity contribution is 0.807. The van der Waals surface area contributed by atoms with Gasteiger partial charge in [0.25, 0.3) is 0 Å². The van der Waals surface area contributed by atoms with Crippen LogP contribution in [0.25, 0.3) is 11.6 Å². The molecule has 0 fully saturated rings. The van der Waals surface area contributed by atoms with E-state index in [-0.39, 0.29) is 5.92 Å². The summed E-state index contributed by atoms with van der Waals surface area (Å²) in [6.07, 6.45) is 4.67. The quantitative estimate of drug-likeness (QED) is 0.330. The van der Waals surface area contributed by atoms with E-state index < -0.39 is 0 Å². The van der Waals surface area contributed by atoms with E-state index in [0.29, 0.717) is 0 Å². The molecule has 0 bridgehead atoms. The second-order valence-corrected chi connectivity index (χ2v) is 7.44. The van der Waals surface area contributed by atoms with Crippen LogP contribution in [0.3, 0.4) is 0 Å². The first-order valence-electron chi connectivity index (χ1n) is 10.3. The third-order valence-corrected chi connectivity index (χ3v) is 5.56. The Balaban J connectivity index is 1.83. The molecule has 0 spiro atoms. The summed E-state index contributed by atoms with van der Waals surface area (Å²) in [4.78, 5) is 4.87. The van der Waals surface area contributed by atoms with Crippen LogP contribution in [-0.4, -0.2) is 12.3 Å². The Kier molecular flexibility index (Phi) is 5.53. The second-order valence-electron chi connectivity index (χ2n) is 7.44. The van der Waals surface area contributed by atoms with E-state index in [1.54, 1.807) is 0 Å². The minimum Gasteiger partial charge on any atom is -0.289 e. The van der Waals surface area contributed by atoms with Crippen molar-refractivity contribution in [2.45, 2.75) is 32.6 Å². The Labute approximate surface area is 168 Å². The largest absolute Gasteiger partial charge is 0.289 e. The summed E-state index contributed by atoms with van der Waals surface area (Å²) in [6.45, 7) is 5.27. The van der Waals surface area contributed by atoms with Crippen LogP contribution in [-0.2, 0) is 0 Å². The van der Waals surface area contributed by atoms with Crippen LogP contribution >= 0.6 is 0 Å². The minimum absolute atomic E-state index is 0.242. The van der Waals surface area contributed by atoms with E-state index in [9.17, 15) is 0 Å². The highest BCUT2D eigenvalue weighted by Crippen LogP contribution is 2.46. The van der Waals surface area contributed by atoms with Gasteiger partial charge in [-0.3, -0.25) is 4.99 Å². The van der Waals surface area contributed by atoms with Crippen molar-refractivity contribution in [3.05, 3.63) is 107 Å². The highest BCUT2D eigenvalue weighted by atomic mass is 14.7. The lowest BCUT2D eigenvalue weighted by atomic mass is 9.82. The molecule has 4 rings (SSSR count). The SMILES string of the molecule is CCCCN=C(C)c1ccccc1C1C(c2ccccc2)=Cc2ccccc21. The predicted molar refractivity (Wildman–Crippen MR) is 121 cm³/mol. The third kappa shape index (κ3) is 3.57. The topological polar surface area (TPSA) is 12.4 Å². The number of unbranched alkanes of at least 4 members (excludes halogenated alkanes) is 1. The van der Waals surface area contributed by atoms with Gasteiger partial charge in [-0.25, -0.2) is 0 Å². The molecule has 0 aliphatic heterocycles. The van der Waals surface area contributed by atoms with Crippen molar-refractivity contribution in [3.8, 4) is 0 Å². The molecule has 28 heavy (non-hydrogen) atoms. The Bertz CT molecular complexity index is 1010. The van der Waals surface area contributed by atoms with E-state index in [1.807, 2.05) is 0 Å². The van der Waals surface area contributed by atoms with Gasteiger partial charge in [0.15, 0.2) is 0 Å². The number of fused-ring (bicyclic) bond motifs is 1. The summed E-state index contributed by atoms with van der Waals surface area (Å²) in [5.41, 5.74) is 9.12. The molecular weight excluding hydrogens is 338 g/mol. The smallest absolute Gasteiger partial charge is 0.0392 e. The standard InChI is InChI=1S/C27H27N/c1-3-4-18-28-20(2)23-15-10-11-17-25(23)27-24-16-9-8-14-22(24)19-26(27)21-12-6-5-7-13-21/h5-17,19,27H,3-4,18H2,1-2H3. The maximum absolute atomic E-state index is 4.87. The first-order valence-corrected chi connectivity index (χ1v) is 10.3. The highest BCUT2D eigenvalue weighted by Gasteiger charge is 2.29. The van der Waals surface area contributed by atoms with Gasteiger partial charge >= 0.3 is 0 Å². The molecule has 0 saturated heterocycles. The normalized spacial score (nSPS) is 16.0. The van der Waals surface area contributed by atoms with Crippen molar-refractivity contribution < 1.29 is 0 Å². The molecule has 1 unspecified atom stereocenters. The van der Waals surface area contributed by atoms with Gasteiger partial charge in [0.05, 0.1) is 0 Å². The van der Waals surface area contributed by atoms with E-state index in [4.69, 9.17) is 4.99 Å². The Morgan fingerprint density at radius 2 is 1.50 bits per heavy atom. The summed E-state index contributed by atoms with van der Waals surface area (Å²) < 4.78 is 0. The van der Waals surface area contributed by atoms with E-state index in [2.05, 4.69) is 98.8 Å². The fraction of sp³-hybridized carbons (Fsp3) is 0.222. The van der Waals surface area contributed by atoms with Crippen LogP contribution < -0.4 is 0 Å². The third-order valence-electron chi connectivity index (χ3n) is 5.56. The summed E-state index contributed by atoms with van der Waals surface area (Å²) >= 11 is 0. The summed E-state index contributed by atoms with van der Waals surface area (Å²) in [5, 5.41) is 0. The van der Waals surface area contributed by atoms with Gasteiger partial charge in [-0.15, -0.1) is 0 Å². The molecule has 0 amide bonds. The van der Waals surface area contributed by atoms with Gasteiger partial charge in [-0.2, -0.15) is 0 Å². The van der Waals surface area contributed by atoms with Crippen LogP contribution in [0.2, 0.25) is 0 Å². The first kappa shape index (κ1) is 18.4. The molecule has 1 nitrogen and oxygen atoms in total. The molecule has 1 heteroatoms. The average Bonchev–Trinajstić information content (AvgIpc) is 3.14. The highest BCUT2D eigenvalue weighted by molar-refractivity contribution is 6.02. The molecule has 1 aliphatic rings. The van der Waals surface area contributed by atoms with E-state index in [0.717, 1.165) is 18.7 Å². The molecule has 1 aliphatic carbocycles. The molecule has 0 saturated carbocycles. The molecule has 3 aromatic carbocycles. The first-order chi connectivity index (χ1) is 13.8. The van der Waals surface area contributed by atoms with Crippen LogP contribution in [0.5, 0.6) is 0 Å². The molecule has 0 heterocycles. The molecule has 140 valence electrons. The Morgan fingerprint density at radius 3 is 2.29 bits per heavy atom. The Morgan fingerprint density at radius 1 is 0.821 bits per heavy atom. The van der Waals surface area contributed by atoms with Crippen molar-refractivity contribution in [2.24, 2.45) is 4.99 Å². The lowest BCUT2D eigenvalue weighted by Crippen LogP contribution is -2.08.